The molecule has 0 bridgehead atoms. The summed E-state index contributed by atoms with van der Waals surface area (Å²) < 4.78 is 11.3. The van der Waals surface area contributed by atoms with Gasteiger partial charge in [0.05, 0.1) is 32.0 Å². The van der Waals surface area contributed by atoms with Gasteiger partial charge >= 0.3 is 0 Å². The third-order valence-corrected chi connectivity index (χ3v) is 4.47. The van der Waals surface area contributed by atoms with Crippen LogP contribution in [-0.4, -0.2) is 62.4 Å². The zero-order valence-corrected chi connectivity index (χ0v) is 18.1. The van der Waals surface area contributed by atoms with Crippen molar-refractivity contribution in [3.63, 3.8) is 0 Å². The summed E-state index contributed by atoms with van der Waals surface area (Å²) >= 11 is 0. The number of hydrogen-bond acceptors (Lipinski definition) is 4. The van der Waals surface area contributed by atoms with Gasteiger partial charge in [0.25, 0.3) is 0 Å². The highest BCUT2D eigenvalue weighted by atomic mass is 16.5. The molecule has 1 aliphatic rings. The van der Waals surface area contributed by atoms with E-state index in [9.17, 15) is 0 Å². The maximum absolute atomic E-state index is 5.88. The van der Waals surface area contributed by atoms with Crippen LogP contribution in [0, 0.1) is 0 Å². The van der Waals surface area contributed by atoms with Crippen molar-refractivity contribution in [1.82, 2.24) is 15.5 Å². The Labute approximate surface area is 170 Å². The van der Waals surface area contributed by atoms with Gasteiger partial charge in [-0.25, -0.2) is 4.99 Å². The molecule has 1 fully saturated rings. The van der Waals surface area contributed by atoms with Crippen molar-refractivity contribution in [1.29, 1.82) is 0 Å². The second-order valence-corrected chi connectivity index (χ2v) is 8.15. The van der Waals surface area contributed by atoms with Crippen molar-refractivity contribution in [3.05, 3.63) is 35.4 Å². The highest BCUT2D eigenvalue weighted by molar-refractivity contribution is 5.79. The summed E-state index contributed by atoms with van der Waals surface area (Å²) in [7, 11) is 0. The minimum absolute atomic E-state index is 0.127. The summed E-state index contributed by atoms with van der Waals surface area (Å²) in [6.07, 6.45) is 1.10. The Morgan fingerprint density at radius 2 is 1.93 bits per heavy atom. The van der Waals surface area contributed by atoms with E-state index >= 15 is 0 Å². The van der Waals surface area contributed by atoms with Gasteiger partial charge in [-0.3, -0.25) is 4.90 Å². The Kier molecular flexibility index (Phi) is 9.75. The number of morpholine rings is 1. The van der Waals surface area contributed by atoms with E-state index in [0.717, 1.165) is 58.3 Å². The Balaban J connectivity index is 1.79. The fourth-order valence-corrected chi connectivity index (χ4v) is 2.96. The van der Waals surface area contributed by atoms with Crippen molar-refractivity contribution in [2.75, 3.05) is 45.9 Å². The monoisotopic (exact) mass is 390 g/mol. The standard InChI is InChI=1S/C22H38N4O2/c1-5-23-21(24-10-7-11-26-12-14-27-15-13-26)25-17-19-8-6-9-20(16-19)18-28-22(2,3)4/h6,8-9,16H,5,7,10-15,17-18H2,1-4H3,(H2,23,24,25). The van der Waals surface area contributed by atoms with Crippen LogP contribution in [0.1, 0.15) is 45.2 Å². The van der Waals surface area contributed by atoms with Gasteiger partial charge in [0, 0.05) is 26.2 Å². The molecule has 2 N–H and O–H groups in total. The van der Waals surface area contributed by atoms with Crippen molar-refractivity contribution in [2.45, 2.75) is 52.9 Å². The van der Waals surface area contributed by atoms with Crippen LogP contribution in [0.2, 0.25) is 0 Å². The van der Waals surface area contributed by atoms with Gasteiger partial charge in [-0.2, -0.15) is 0 Å². The predicted octanol–water partition coefficient (Wildman–Crippen LogP) is 2.78. The molecule has 1 heterocycles. The minimum atomic E-state index is -0.127. The first-order chi connectivity index (χ1) is 13.5. The molecule has 0 radical (unpaired) electrons. The second-order valence-electron chi connectivity index (χ2n) is 8.15. The van der Waals surface area contributed by atoms with Gasteiger partial charge in [-0.15, -0.1) is 0 Å². The summed E-state index contributed by atoms with van der Waals surface area (Å²) in [6.45, 7) is 16.3. The number of ether oxygens (including phenoxy) is 2. The number of nitrogens with one attached hydrogen (secondary N) is 2. The van der Waals surface area contributed by atoms with Crippen LogP contribution in [-0.2, 0) is 22.6 Å². The van der Waals surface area contributed by atoms with Crippen molar-refractivity contribution >= 4 is 5.96 Å². The Morgan fingerprint density at radius 3 is 2.64 bits per heavy atom. The van der Waals surface area contributed by atoms with Gasteiger partial charge in [0.2, 0.25) is 0 Å². The van der Waals surface area contributed by atoms with E-state index in [4.69, 9.17) is 14.5 Å². The lowest BCUT2D eigenvalue weighted by Crippen LogP contribution is -2.40. The first-order valence-electron chi connectivity index (χ1n) is 10.5. The van der Waals surface area contributed by atoms with Gasteiger partial charge in [0.1, 0.15) is 0 Å². The minimum Gasteiger partial charge on any atom is -0.379 e. The van der Waals surface area contributed by atoms with E-state index in [1.807, 2.05) is 0 Å². The smallest absolute Gasteiger partial charge is 0.191 e. The van der Waals surface area contributed by atoms with Crippen LogP contribution < -0.4 is 10.6 Å². The summed E-state index contributed by atoms with van der Waals surface area (Å²) in [6, 6.07) is 8.48. The zero-order valence-electron chi connectivity index (χ0n) is 18.1. The zero-order chi connectivity index (χ0) is 20.2. The molecule has 6 nitrogen and oxygen atoms in total. The molecule has 1 aromatic carbocycles. The van der Waals surface area contributed by atoms with E-state index in [0.29, 0.717) is 13.2 Å². The van der Waals surface area contributed by atoms with Crippen LogP contribution >= 0.6 is 0 Å². The van der Waals surface area contributed by atoms with E-state index in [1.54, 1.807) is 0 Å². The molecule has 0 amide bonds. The molecule has 158 valence electrons. The summed E-state index contributed by atoms with van der Waals surface area (Å²) in [5.41, 5.74) is 2.25. The number of guanidine groups is 1. The van der Waals surface area contributed by atoms with E-state index in [-0.39, 0.29) is 5.60 Å². The molecule has 6 heteroatoms. The molecule has 1 aliphatic heterocycles. The summed E-state index contributed by atoms with van der Waals surface area (Å²) in [5.74, 6) is 0.876. The van der Waals surface area contributed by atoms with Gasteiger partial charge in [-0.05, 0) is 51.8 Å². The van der Waals surface area contributed by atoms with Crippen LogP contribution in [0.25, 0.3) is 0 Å². The maximum atomic E-state index is 5.88. The average molecular weight is 391 g/mol. The second kappa shape index (κ2) is 12.0. The third-order valence-electron chi connectivity index (χ3n) is 4.47. The van der Waals surface area contributed by atoms with Crippen LogP contribution in [0.5, 0.6) is 0 Å². The van der Waals surface area contributed by atoms with Gasteiger partial charge < -0.3 is 20.1 Å². The maximum Gasteiger partial charge on any atom is 0.191 e. The Bertz CT molecular complexity index is 592. The molecular formula is C22H38N4O2. The first-order valence-corrected chi connectivity index (χ1v) is 10.5. The molecule has 0 aliphatic carbocycles. The predicted molar refractivity (Wildman–Crippen MR) is 116 cm³/mol. The molecule has 2 rings (SSSR count). The quantitative estimate of drug-likeness (QED) is 0.386. The fourth-order valence-electron chi connectivity index (χ4n) is 2.96. The lowest BCUT2D eigenvalue weighted by Gasteiger charge is -2.26. The van der Waals surface area contributed by atoms with Gasteiger partial charge in [0.15, 0.2) is 5.96 Å². The fraction of sp³-hybridized carbons (Fsp3) is 0.682. The SMILES string of the molecule is CCNC(=NCc1cccc(COC(C)(C)C)c1)NCCCN1CCOCC1. The molecule has 28 heavy (non-hydrogen) atoms. The van der Waals surface area contributed by atoms with Crippen molar-refractivity contribution in [2.24, 2.45) is 4.99 Å². The number of hydrogen-bond donors (Lipinski definition) is 2. The molecule has 0 aromatic heterocycles. The highest BCUT2D eigenvalue weighted by Crippen LogP contribution is 2.13. The van der Waals surface area contributed by atoms with E-state index < -0.39 is 0 Å². The molecule has 1 aromatic rings. The Morgan fingerprint density at radius 1 is 1.18 bits per heavy atom. The van der Waals surface area contributed by atoms with E-state index in [1.165, 1.54) is 11.1 Å². The summed E-state index contributed by atoms with van der Waals surface area (Å²) in [4.78, 5) is 7.20. The van der Waals surface area contributed by atoms with Crippen LogP contribution in [0.3, 0.4) is 0 Å². The lowest BCUT2D eigenvalue weighted by molar-refractivity contribution is -0.0149. The number of rotatable bonds is 9. The topological polar surface area (TPSA) is 58.1 Å². The van der Waals surface area contributed by atoms with Crippen molar-refractivity contribution < 1.29 is 9.47 Å². The first kappa shape index (κ1) is 22.7. The van der Waals surface area contributed by atoms with Crippen LogP contribution in [0.4, 0.5) is 0 Å². The van der Waals surface area contributed by atoms with Gasteiger partial charge in [-0.1, -0.05) is 24.3 Å². The molecule has 0 saturated carbocycles. The molecule has 0 atom stereocenters. The number of benzene rings is 1. The normalized spacial score (nSPS) is 16.2. The summed E-state index contributed by atoms with van der Waals surface area (Å²) in [5, 5.41) is 6.78. The highest BCUT2D eigenvalue weighted by Gasteiger charge is 2.10. The molecule has 1 saturated heterocycles. The third kappa shape index (κ3) is 9.53. The van der Waals surface area contributed by atoms with Crippen LogP contribution in [0.15, 0.2) is 29.3 Å². The molecule has 0 unspecified atom stereocenters. The van der Waals surface area contributed by atoms with E-state index in [2.05, 4.69) is 67.5 Å². The average Bonchev–Trinajstić information content (AvgIpc) is 2.68. The number of aliphatic imine (C=N–C) groups is 1. The lowest BCUT2D eigenvalue weighted by atomic mass is 10.1. The Hall–Kier alpha value is -1.63. The number of nitrogens with zero attached hydrogens (tertiary/aromatic N) is 2. The largest absolute Gasteiger partial charge is 0.379 e. The molecule has 0 spiro atoms. The molecular weight excluding hydrogens is 352 g/mol. The van der Waals surface area contributed by atoms with Crippen molar-refractivity contribution in [3.8, 4) is 0 Å².